The lowest BCUT2D eigenvalue weighted by Crippen LogP contribution is -2.33. The van der Waals surface area contributed by atoms with E-state index in [1.807, 2.05) is 13.8 Å². The first-order chi connectivity index (χ1) is 7.57. The highest BCUT2D eigenvalue weighted by molar-refractivity contribution is 5.35. The van der Waals surface area contributed by atoms with Crippen molar-refractivity contribution in [1.82, 2.24) is 0 Å². The Morgan fingerprint density at radius 1 is 1.00 bits per heavy atom. The van der Waals surface area contributed by atoms with Crippen LogP contribution in [0.25, 0.3) is 0 Å². The number of hydrogen-bond acceptors (Lipinski definition) is 0. The lowest BCUT2D eigenvalue weighted by Gasteiger charge is -2.21. The Labute approximate surface area is 96.4 Å². The number of aryl methyl sites for hydroxylation is 1. The molecule has 5 heteroatoms. The van der Waals surface area contributed by atoms with Gasteiger partial charge in [-0.3, -0.25) is 0 Å². The van der Waals surface area contributed by atoms with Crippen molar-refractivity contribution in [3.05, 3.63) is 34.9 Å². The monoisotopic (exact) mass is 252 g/mol. The van der Waals surface area contributed by atoms with E-state index in [9.17, 15) is 22.0 Å². The molecule has 17 heavy (non-hydrogen) atoms. The van der Waals surface area contributed by atoms with E-state index in [-0.39, 0.29) is 5.92 Å². The Morgan fingerprint density at radius 3 is 1.88 bits per heavy atom. The van der Waals surface area contributed by atoms with Gasteiger partial charge in [0.2, 0.25) is 0 Å². The van der Waals surface area contributed by atoms with Gasteiger partial charge in [0.05, 0.1) is 0 Å². The molecule has 0 heterocycles. The van der Waals surface area contributed by atoms with Gasteiger partial charge < -0.3 is 0 Å². The van der Waals surface area contributed by atoms with E-state index < -0.39 is 17.7 Å². The van der Waals surface area contributed by atoms with Crippen molar-refractivity contribution in [2.24, 2.45) is 0 Å². The zero-order valence-corrected chi connectivity index (χ0v) is 9.70. The van der Waals surface area contributed by atoms with Crippen molar-refractivity contribution >= 4 is 0 Å². The van der Waals surface area contributed by atoms with Crippen molar-refractivity contribution in [2.45, 2.75) is 38.8 Å². The Hall–Kier alpha value is -1.13. The van der Waals surface area contributed by atoms with Crippen LogP contribution in [-0.2, 0) is 5.92 Å². The third-order valence-electron chi connectivity index (χ3n) is 2.61. The number of alkyl halides is 5. The van der Waals surface area contributed by atoms with Gasteiger partial charge in [0.1, 0.15) is 0 Å². The van der Waals surface area contributed by atoms with Crippen LogP contribution in [-0.4, -0.2) is 6.18 Å². The Kier molecular flexibility index (Phi) is 3.50. The fraction of sp³-hybridized carbons (Fsp3) is 0.500. The average molecular weight is 252 g/mol. The van der Waals surface area contributed by atoms with Crippen molar-refractivity contribution in [3.8, 4) is 0 Å². The van der Waals surface area contributed by atoms with Gasteiger partial charge in [-0.15, -0.1) is 0 Å². The van der Waals surface area contributed by atoms with Gasteiger partial charge in [0.25, 0.3) is 0 Å². The molecule has 0 aromatic heterocycles. The molecule has 0 N–H and O–H groups in total. The van der Waals surface area contributed by atoms with Crippen molar-refractivity contribution in [2.75, 3.05) is 0 Å². The minimum Gasteiger partial charge on any atom is -0.191 e. The van der Waals surface area contributed by atoms with Crippen LogP contribution in [0.1, 0.15) is 36.5 Å². The van der Waals surface area contributed by atoms with Gasteiger partial charge in [-0.2, -0.15) is 22.0 Å². The quantitative estimate of drug-likeness (QED) is 0.665. The maximum atomic E-state index is 13.1. The highest BCUT2D eigenvalue weighted by atomic mass is 19.4. The molecule has 0 spiro atoms. The standard InChI is InChI=1S/C12H13F5/c1-7(2)10-5-4-9(6-8(10)3)11(13,14)12(15,16)17/h4-7H,1-3H3. The molecule has 96 valence electrons. The van der Waals surface area contributed by atoms with Gasteiger partial charge in [-0.1, -0.05) is 26.0 Å². The number of hydrogen-bond donors (Lipinski definition) is 0. The summed E-state index contributed by atoms with van der Waals surface area (Å²) in [6, 6.07) is 3.08. The fourth-order valence-electron chi connectivity index (χ4n) is 1.68. The predicted octanol–water partition coefficient (Wildman–Crippen LogP) is 4.77. The Balaban J connectivity index is 3.23. The van der Waals surface area contributed by atoms with Crippen LogP contribution >= 0.6 is 0 Å². The summed E-state index contributed by atoms with van der Waals surface area (Å²) in [4.78, 5) is 0. The third-order valence-corrected chi connectivity index (χ3v) is 2.61. The zero-order valence-electron chi connectivity index (χ0n) is 9.70. The molecule has 0 nitrogen and oxygen atoms in total. The molecule has 1 aromatic rings. The molecule has 0 aliphatic rings. The lowest BCUT2D eigenvalue weighted by molar-refractivity contribution is -0.289. The lowest BCUT2D eigenvalue weighted by atomic mass is 9.94. The predicted molar refractivity (Wildman–Crippen MR) is 55.2 cm³/mol. The molecular formula is C12H13F5. The van der Waals surface area contributed by atoms with Crippen LogP contribution < -0.4 is 0 Å². The Morgan fingerprint density at radius 2 is 1.53 bits per heavy atom. The molecule has 0 atom stereocenters. The molecule has 0 saturated heterocycles. The second-order valence-electron chi connectivity index (χ2n) is 4.30. The van der Waals surface area contributed by atoms with Crippen LogP contribution in [0.15, 0.2) is 18.2 Å². The highest BCUT2D eigenvalue weighted by Crippen LogP contribution is 2.44. The molecule has 0 radical (unpaired) electrons. The molecular weight excluding hydrogens is 239 g/mol. The average Bonchev–Trinajstić information content (AvgIpc) is 2.14. The third kappa shape index (κ3) is 2.58. The van der Waals surface area contributed by atoms with E-state index in [0.717, 1.165) is 17.7 Å². The first kappa shape index (κ1) is 13.9. The summed E-state index contributed by atoms with van der Waals surface area (Å²) in [6.45, 7) is 5.24. The molecule has 0 saturated carbocycles. The SMILES string of the molecule is Cc1cc(C(F)(F)C(F)(F)F)ccc1C(C)C. The van der Waals surface area contributed by atoms with Crippen molar-refractivity contribution in [1.29, 1.82) is 0 Å². The molecule has 0 aliphatic carbocycles. The van der Waals surface area contributed by atoms with Crippen molar-refractivity contribution < 1.29 is 22.0 Å². The van der Waals surface area contributed by atoms with E-state index in [1.54, 1.807) is 0 Å². The number of halogens is 5. The summed E-state index contributed by atoms with van der Waals surface area (Å²) >= 11 is 0. The van der Waals surface area contributed by atoms with Gasteiger partial charge in [0, 0.05) is 5.56 Å². The van der Waals surface area contributed by atoms with Crippen LogP contribution in [0, 0.1) is 6.92 Å². The van der Waals surface area contributed by atoms with Crippen LogP contribution in [0.2, 0.25) is 0 Å². The smallest absolute Gasteiger partial charge is 0.191 e. The summed E-state index contributed by atoms with van der Waals surface area (Å²) < 4.78 is 62.6. The van der Waals surface area contributed by atoms with Crippen LogP contribution in [0.3, 0.4) is 0 Å². The second-order valence-corrected chi connectivity index (χ2v) is 4.30. The number of benzene rings is 1. The first-order valence-electron chi connectivity index (χ1n) is 5.13. The zero-order chi connectivity index (χ0) is 13.4. The topological polar surface area (TPSA) is 0 Å². The van der Waals surface area contributed by atoms with E-state index in [0.29, 0.717) is 5.56 Å². The Bertz CT molecular complexity index is 404. The normalized spacial score (nSPS) is 13.2. The van der Waals surface area contributed by atoms with Gasteiger partial charge >= 0.3 is 12.1 Å². The summed E-state index contributed by atoms with van der Waals surface area (Å²) in [5.41, 5.74) is 0.208. The molecule has 1 rings (SSSR count). The first-order valence-corrected chi connectivity index (χ1v) is 5.13. The summed E-state index contributed by atoms with van der Waals surface area (Å²) in [6.07, 6.45) is -5.56. The fourth-order valence-corrected chi connectivity index (χ4v) is 1.68. The maximum Gasteiger partial charge on any atom is 0.458 e. The summed E-state index contributed by atoms with van der Waals surface area (Å²) in [5.74, 6) is -4.71. The molecule has 0 bridgehead atoms. The highest BCUT2D eigenvalue weighted by Gasteiger charge is 2.58. The molecule has 0 fully saturated rings. The maximum absolute atomic E-state index is 13.1. The second kappa shape index (κ2) is 4.27. The largest absolute Gasteiger partial charge is 0.458 e. The van der Waals surface area contributed by atoms with Gasteiger partial charge in [-0.25, -0.2) is 0 Å². The molecule has 1 aromatic carbocycles. The van der Waals surface area contributed by atoms with Gasteiger partial charge in [-0.05, 0) is 30.0 Å². The molecule has 0 unspecified atom stereocenters. The minimum absolute atomic E-state index is 0.0866. The van der Waals surface area contributed by atoms with E-state index in [4.69, 9.17) is 0 Å². The van der Waals surface area contributed by atoms with E-state index >= 15 is 0 Å². The van der Waals surface area contributed by atoms with Gasteiger partial charge in [0.15, 0.2) is 0 Å². The molecule has 0 aliphatic heterocycles. The minimum atomic E-state index is -5.56. The van der Waals surface area contributed by atoms with E-state index in [2.05, 4.69) is 0 Å². The summed E-state index contributed by atoms with van der Waals surface area (Å²) in [5, 5.41) is 0. The van der Waals surface area contributed by atoms with Crippen LogP contribution in [0.5, 0.6) is 0 Å². The van der Waals surface area contributed by atoms with Crippen molar-refractivity contribution in [3.63, 3.8) is 0 Å². The number of rotatable bonds is 2. The van der Waals surface area contributed by atoms with Crippen LogP contribution in [0.4, 0.5) is 22.0 Å². The van der Waals surface area contributed by atoms with E-state index in [1.165, 1.54) is 13.0 Å². The molecule has 0 amide bonds. The summed E-state index contributed by atoms with van der Waals surface area (Å²) in [7, 11) is 0.